The standard InChI is InChI=1S/C15H22N4O/c1-3-7-12(16-9-4-2)11-14-18-15(19-20-14)13-8-5-6-10-17-13/h5-6,8,10,12,16H,3-4,7,9,11H2,1-2H3. The fourth-order valence-electron chi connectivity index (χ4n) is 2.12. The quantitative estimate of drug-likeness (QED) is 0.802. The van der Waals surface area contributed by atoms with Crippen LogP contribution >= 0.6 is 0 Å². The van der Waals surface area contributed by atoms with E-state index in [0.717, 1.165) is 37.9 Å². The molecule has 0 aromatic carbocycles. The van der Waals surface area contributed by atoms with E-state index >= 15 is 0 Å². The van der Waals surface area contributed by atoms with E-state index in [1.54, 1.807) is 6.20 Å². The highest BCUT2D eigenvalue weighted by molar-refractivity contribution is 5.46. The Kier molecular flexibility index (Phi) is 5.68. The molecule has 0 bridgehead atoms. The minimum Gasteiger partial charge on any atom is -0.339 e. The molecular weight excluding hydrogens is 252 g/mol. The van der Waals surface area contributed by atoms with Crippen LogP contribution in [0.15, 0.2) is 28.9 Å². The summed E-state index contributed by atoms with van der Waals surface area (Å²) in [5, 5.41) is 7.53. The van der Waals surface area contributed by atoms with Crippen LogP contribution in [0.1, 0.15) is 39.0 Å². The maximum Gasteiger partial charge on any atom is 0.228 e. The van der Waals surface area contributed by atoms with Gasteiger partial charge >= 0.3 is 0 Å². The van der Waals surface area contributed by atoms with Crippen LogP contribution < -0.4 is 5.32 Å². The molecule has 0 aliphatic heterocycles. The Labute approximate surface area is 119 Å². The van der Waals surface area contributed by atoms with Gasteiger partial charge in [0.1, 0.15) is 5.69 Å². The normalized spacial score (nSPS) is 12.5. The summed E-state index contributed by atoms with van der Waals surface area (Å²) in [7, 11) is 0. The van der Waals surface area contributed by atoms with Gasteiger partial charge in [-0.05, 0) is 31.5 Å². The van der Waals surface area contributed by atoms with Gasteiger partial charge in [-0.3, -0.25) is 4.98 Å². The van der Waals surface area contributed by atoms with E-state index in [2.05, 4.69) is 34.3 Å². The number of hydrogen-bond donors (Lipinski definition) is 1. The molecule has 2 aromatic heterocycles. The Balaban J connectivity index is 2.00. The van der Waals surface area contributed by atoms with E-state index in [4.69, 9.17) is 4.52 Å². The van der Waals surface area contributed by atoms with Crippen molar-refractivity contribution in [3.63, 3.8) is 0 Å². The van der Waals surface area contributed by atoms with Gasteiger partial charge in [0, 0.05) is 18.7 Å². The molecule has 0 aliphatic rings. The summed E-state index contributed by atoms with van der Waals surface area (Å²) in [5.74, 6) is 1.24. The first-order valence-corrected chi connectivity index (χ1v) is 7.30. The summed E-state index contributed by atoms with van der Waals surface area (Å²) in [6.07, 6.45) is 5.88. The maximum atomic E-state index is 5.33. The van der Waals surface area contributed by atoms with Crippen LogP contribution in [-0.2, 0) is 6.42 Å². The summed E-state index contributed by atoms with van der Waals surface area (Å²) in [6, 6.07) is 6.07. The van der Waals surface area contributed by atoms with Crippen molar-refractivity contribution in [1.82, 2.24) is 20.4 Å². The summed E-state index contributed by atoms with van der Waals surface area (Å²) in [5.41, 5.74) is 0.746. The molecule has 2 aromatic rings. The topological polar surface area (TPSA) is 63.8 Å². The van der Waals surface area contributed by atoms with Crippen LogP contribution in [0.25, 0.3) is 11.5 Å². The number of nitrogens with one attached hydrogen (secondary N) is 1. The van der Waals surface area contributed by atoms with Crippen molar-refractivity contribution in [2.24, 2.45) is 0 Å². The third-order valence-corrected chi connectivity index (χ3v) is 3.10. The second-order valence-corrected chi connectivity index (χ2v) is 4.87. The van der Waals surface area contributed by atoms with Crippen molar-refractivity contribution in [3.05, 3.63) is 30.3 Å². The minimum absolute atomic E-state index is 0.400. The Morgan fingerprint density at radius 1 is 1.25 bits per heavy atom. The number of rotatable bonds is 8. The van der Waals surface area contributed by atoms with E-state index in [0.29, 0.717) is 17.8 Å². The highest BCUT2D eigenvalue weighted by Crippen LogP contribution is 2.13. The monoisotopic (exact) mass is 274 g/mol. The molecule has 2 rings (SSSR count). The van der Waals surface area contributed by atoms with Gasteiger partial charge in [-0.2, -0.15) is 4.98 Å². The Morgan fingerprint density at radius 3 is 2.85 bits per heavy atom. The van der Waals surface area contributed by atoms with Crippen molar-refractivity contribution in [2.45, 2.75) is 45.6 Å². The first-order chi connectivity index (χ1) is 9.83. The molecule has 108 valence electrons. The van der Waals surface area contributed by atoms with Gasteiger partial charge in [0.25, 0.3) is 0 Å². The molecule has 1 N–H and O–H groups in total. The molecule has 5 nitrogen and oxygen atoms in total. The maximum absolute atomic E-state index is 5.33. The lowest BCUT2D eigenvalue weighted by molar-refractivity contribution is 0.350. The average molecular weight is 274 g/mol. The van der Waals surface area contributed by atoms with Crippen molar-refractivity contribution >= 4 is 0 Å². The van der Waals surface area contributed by atoms with Crippen LogP contribution in [0.3, 0.4) is 0 Å². The zero-order valence-electron chi connectivity index (χ0n) is 12.2. The van der Waals surface area contributed by atoms with E-state index < -0.39 is 0 Å². The van der Waals surface area contributed by atoms with Gasteiger partial charge < -0.3 is 9.84 Å². The smallest absolute Gasteiger partial charge is 0.228 e. The molecule has 0 spiro atoms. The van der Waals surface area contributed by atoms with Crippen molar-refractivity contribution in [1.29, 1.82) is 0 Å². The van der Waals surface area contributed by atoms with Gasteiger partial charge in [-0.1, -0.05) is 31.5 Å². The molecular formula is C15H22N4O. The van der Waals surface area contributed by atoms with Gasteiger partial charge in [-0.15, -0.1) is 0 Å². The summed E-state index contributed by atoms with van der Waals surface area (Å²) < 4.78 is 5.33. The number of hydrogen-bond acceptors (Lipinski definition) is 5. The first-order valence-electron chi connectivity index (χ1n) is 7.30. The van der Waals surface area contributed by atoms with Gasteiger partial charge in [0.05, 0.1) is 0 Å². The van der Waals surface area contributed by atoms with Crippen molar-refractivity contribution < 1.29 is 4.52 Å². The molecule has 2 heterocycles. The Morgan fingerprint density at radius 2 is 2.15 bits per heavy atom. The lowest BCUT2D eigenvalue weighted by Gasteiger charge is -2.15. The van der Waals surface area contributed by atoms with E-state index in [-0.39, 0.29) is 0 Å². The summed E-state index contributed by atoms with van der Waals surface area (Å²) in [4.78, 5) is 8.66. The third kappa shape index (κ3) is 4.13. The van der Waals surface area contributed by atoms with E-state index in [1.165, 1.54) is 0 Å². The molecule has 0 saturated carbocycles. The van der Waals surface area contributed by atoms with Crippen LogP contribution in [0.4, 0.5) is 0 Å². The van der Waals surface area contributed by atoms with Crippen LogP contribution in [0.5, 0.6) is 0 Å². The fraction of sp³-hybridized carbons (Fsp3) is 0.533. The van der Waals surface area contributed by atoms with Gasteiger partial charge in [0.15, 0.2) is 0 Å². The largest absolute Gasteiger partial charge is 0.339 e. The molecule has 20 heavy (non-hydrogen) atoms. The van der Waals surface area contributed by atoms with Gasteiger partial charge in [-0.25, -0.2) is 0 Å². The van der Waals surface area contributed by atoms with Gasteiger partial charge in [0.2, 0.25) is 11.7 Å². The summed E-state index contributed by atoms with van der Waals surface area (Å²) >= 11 is 0. The molecule has 5 heteroatoms. The number of pyridine rings is 1. The minimum atomic E-state index is 0.400. The molecule has 0 amide bonds. The Hall–Kier alpha value is -1.75. The number of nitrogens with zero attached hydrogens (tertiary/aromatic N) is 3. The van der Waals surface area contributed by atoms with Crippen LogP contribution in [0, 0.1) is 0 Å². The predicted molar refractivity (Wildman–Crippen MR) is 78.2 cm³/mol. The highest BCUT2D eigenvalue weighted by atomic mass is 16.5. The van der Waals surface area contributed by atoms with E-state index in [9.17, 15) is 0 Å². The first kappa shape index (κ1) is 14.7. The lowest BCUT2D eigenvalue weighted by Crippen LogP contribution is -2.31. The second kappa shape index (κ2) is 7.75. The second-order valence-electron chi connectivity index (χ2n) is 4.87. The third-order valence-electron chi connectivity index (χ3n) is 3.10. The zero-order chi connectivity index (χ0) is 14.2. The summed E-state index contributed by atoms with van der Waals surface area (Å²) in [6.45, 7) is 5.38. The molecule has 1 atom stereocenters. The molecule has 0 fully saturated rings. The molecule has 0 saturated heterocycles. The molecule has 0 aliphatic carbocycles. The molecule has 1 unspecified atom stereocenters. The van der Waals surface area contributed by atoms with Crippen LogP contribution in [0.2, 0.25) is 0 Å². The van der Waals surface area contributed by atoms with Crippen molar-refractivity contribution in [3.8, 4) is 11.5 Å². The fourth-order valence-corrected chi connectivity index (χ4v) is 2.12. The highest BCUT2D eigenvalue weighted by Gasteiger charge is 2.14. The average Bonchev–Trinajstić information content (AvgIpc) is 2.94. The van der Waals surface area contributed by atoms with Crippen molar-refractivity contribution in [2.75, 3.05) is 6.54 Å². The molecule has 0 radical (unpaired) electrons. The zero-order valence-corrected chi connectivity index (χ0v) is 12.2. The lowest BCUT2D eigenvalue weighted by atomic mass is 10.1. The SMILES string of the molecule is CCCNC(CCC)Cc1nc(-c2ccccn2)no1. The predicted octanol–water partition coefficient (Wildman–Crippen LogP) is 2.84. The van der Waals surface area contributed by atoms with E-state index in [1.807, 2.05) is 18.2 Å². The van der Waals surface area contributed by atoms with Crippen LogP contribution in [-0.4, -0.2) is 27.7 Å². The number of aromatic nitrogens is 3. The Bertz CT molecular complexity index is 498.